The molecule has 1 aromatic heterocycles. The fourth-order valence-corrected chi connectivity index (χ4v) is 0.999. The molecule has 6 heteroatoms. The molecule has 0 fully saturated rings. The van der Waals surface area contributed by atoms with E-state index in [0.717, 1.165) is 6.20 Å². The molecule has 0 aliphatic carbocycles. The summed E-state index contributed by atoms with van der Waals surface area (Å²) in [6.45, 7) is 0. The van der Waals surface area contributed by atoms with Crippen LogP contribution in [0.1, 0.15) is 5.56 Å². The first-order valence-electron chi connectivity index (χ1n) is 3.82. The summed E-state index contributed by atoms with van der Waals surface area (Å²) in [7, 11) is 0. The van der Waals surface area contributed by atoms with Gasteiger partial charge in [0.15, 0.2) is 0 Å². The largest absolute Gasteiger partial charge is 0.383 e. The van der Waals surface area contributed by atoms with Crippen molar-refractivity contribution in [2.45, 2.75) is 0 Å². The predicted molar refractivity (Wildman–Crippen MR) is 58.2 cm³/mol. The van der Waals surface area contributed by atoms with Crippen LogP contribution >= 0.6 is 12.6 Å². The summed E-state index contributed by atoms with van der Waals surface area (Å²) < 4.78 is 0. The van der Waals surface area contributed by atoms with Gasteiger partial charge in [-0.3, -0.25) is 10.1 Å². The van der Waals surface area contributed by atoms with E-state index < -0.39 is 4.92 Å². The van der Waals surface area contributed by atoms with Crippen molar-refractivity contribution in [3.05, 3.63) is 34.0 Å². The van der Waals surface area contributed by atoms with Crippen molar-refractivity contribution in [3.8, 4) is 0 Å². The number of nitrogen functional groups attached to an aromatic ring is 1. The molecule has 5 nitrogen and oxygen atoms in total. The minimum atomic E-state index is -0.509. The zero-order valence-electron chi connectivity index (χ0n) is 7.25. The minimum Gasteiger partial charge on any atom is -0.383 e. The Kier molecular flexibility index (Phi) is 3.47. The summed E-state index contributed by atoms with van der Waals surface area (Å²) in [5.41, 5.74) is 5.98. The number of hydrogen-bond acceptors (Lipinski definition) is 5. The molecule has 0 aliphatic heterocycles. The van der Waals surface area contributed by atoms with E-state index in [0.29, 0.717) is 11.3 Å². The van der Waals surface area contributed by atoms with Crippen LogP contribution in [0, 0.1) is 10.1 Å². The Morgan fingerprint density at radius 2 is 2.43 bits per heavy atom. The molecule has 14 heavy (non-hydrogen) atoms. The lowest BCUT2D eigenvalue weighted by Gasteiger charge is -1.98. The molecule has 1 aromatic rings. The summed E-state index contributed by atoms with van der Waals surface area (Å²) in [5.74, 6) is 0.816. The third-order valence-corrected chi connectivity index (χ3v) is 1.76. The molecule has 1 heterocycles. The fourth-order valence-electron chi connectivity index (χ4n) is 0.894. The van der Waals surface area contributed by atoms with Gasteiger partial charge in [0.05, 0.1) is 4.92 Å². The second-order valence-electron chi connectivity index (χ2n) is 2.51. The Bertz CT molecular complexity index is 379. The maximum absolute atomic E-state index is 10.4. The van der Waals surface area contributed by atoms with E-state index in [2.05, 4.69) is 17.6 Å². The van der Waals surface area contributed by atoms with Gasteiger partial charge in [-0.2, -0.15) is 12.6 Å². The first-order chi connectivity index (χ1) is 6.65. The quantitative estimate of drug-likeness (QED) is 0.451. The van der Waals surface area contributed by atoms with Gasteiger partial charge in [0.25, 0.3) is 5.69 Å². The second-order valence-corrected chi connectivity index (χ2v) is 2.88. The predicted octanol–water partition coefficient (Wildman–Crippen LogP) is 1.51. The SMILES string of the molecule is Nc1ncc([N+](=O)[O-])cc1C=CCS. The number of thiol groups is 1. The van der Waals surface area contributed by atoms with Gasteiger partial charge in [-0.15, -0.1) is 0 Å². The molecule has 0 amide bonds. The van der Waals surface area contributed by atoms with Crippen LogP contribution in [-0.4, -0.2) is 15.7 Å². The summed E-state index contributed by atoms with van der Waals surface area (Å²) in [6.07, 6.45) is 4.52. The molecule has 2 N–H and O–H groups in total. The Morgan fingerprint density at radius 3 is 3.00 bits per heavy atom. The molecule has 0 aliphatic rings. The molecular formula is C8H9N3O2S. The number of nitrogens with zero attached hydrogens (tertiary/aromatic N) is 2. The number of anilines is 1. The van der Waals surface area contributed by atoms with Gasteiger partial charge in [0.2, 0.25) is 0 Å². The van der Waals surface area contributed by atoms with Crippen molar-refractivity contribution in [2.75, 3.05) is 11.5 Å². The number of nitro groups is 1. The van der Waals surface area contributed by atoms with E-state index in [4.69, 9.17) is 5.73 Å². The first-order valence-corrected chi connectivity index (χ1v) is 4.45. The topological polar surface area (TPSA) is 82.0 Å². The Hall–Kier alpha value is -1.56. The maximum Gasteiger partial charge on any atom is 0.288 e. The molecule has 0 radical (unpaired) electrons. The summed E-state index contributed by atoms with van der Waals surface area (Å²) in [6, 6.07) is 1.38. The normalized spacial score (nSPS) is 10.6. The molecule has 0 spiro atoms. The van der Waals surface area contributed by atoms with E-state index in [9.17, 15) is 10.1 Å². The van der Waals surface area contributed by atoms with Crippen molar-refractivity contribution in [2.24, 2.45) is 0 Å². The number of nitrogens with two attached hydrogens (primary N) is 1. The third kappa shape index (κ3) is 2.46. The van der Waals surface area contributed by atoms with Crippen LogP contribution in [0.4, 0.5) is 11.5 Å². The molecule has 0 atom stereocenters. The highest BCUT2D eigenvalue weighted by atomic mass is 32.1. The Labute approximate surface area is 86.2 Å². The average Bonchev–Trinajstić information content (AvgIpc) is 2.16. The Balaban J connectivity index is 3.08. The molecule has 0 saturated heterocycles. The zero-order chi connectivity index (χ0) is 10.6. The van der Waals surface area contributed by atoms with Gasteiger partial charge in [0, 0.05) is 17.4 Å². The molecule has 0 aromatic carbocycles. The summed E-state index contributed by atoms with van der Waals surface area (Å²) in [4.78, 5) is 13.6. The van der Waals surface area contributed by atoms with Crippen LogP contribution in [0.3, 0.4) is 0 Å². The number of rotatable bonds is 3. The van der Waals surface area contributed by atoms with Crippen molar-refractivity contribution in [1.82, 2.24) is 4.98 Å². The Morgan fingerprint density at radius 1 is 1.71 bits per heavy atom. The minimum absolute atomic E-state index is 0.0713. The van der Waals surface area contributed by atoms with Crippen LogP contribution in [-0.2, 0) is 0 Å². The maximum atomic E-state index is 10.4. The van der Waals surface area contributed by atoms with E-state index in [1.165, 1.54) is 6.07 Å². The van der Waals surface area contributed by atoms with E-state index in [1.54, 1.807) is 12.2 Å². The molecule has 0 unspecified atom stereocenters. The van der Waals surface area contributed by atoms with E-state index in [1.807, 2.05) is 0 Å². The lowest BCUT2D eigenvalue weighted by Crippen LogP contribution is -1.96. The molecule has 1 rings (SSSR count). The van der Waals surface area contributed by atoms with Crippen LogP contribution in [0.2, 0.25) is 0 Å². The van der Waals surface area contributed by atoms with Crippen molar-refractivity contribution in [1.29, 1.82) is 0 Å². The lowest BCUT2D eigenvalue weighted by atomic mass is 10.2. The standard InChI is InChI=1S/C8H9N3O2S/c9-8-6(2-1-3-14)4-7(5-10-8)11(12)13/h1-2,4-5,14H,3H2,(H2,9,10). The van der Waals surface area contributed by atoms with Crippen LogP contribution in [0.25, 0.3) is 6.08 Å². The zero-order valence-corrected chi connectivity index (χ0v) is 8.15. The summed E-state index contributed by atoms with van der Waals surface area (Å²) in [5, 5.41) is 10.4. The van der Waals surface area contributed by atoms with E-state index >= 15 is 0 Å². The van der Waals surface area contributed by atoms with Gasteiger partial charge in [-0.1, -0.05) is 12.2 Å². The van der Waals surface area contributed by atoms with Crippen LogP contribution in [0.5, 0.6) is 0 Å². The number of hydrogen-bond donors (Lipinski definition) is 2. The lowest BCUT2D eigenvalue weighted by molar-refractivity contribution is -0.385. The fraction of sp³-hybridized carbons (Fsp3) is 0.125. The third-order valence-electron chi connectivity index (χ3n) is 1.55. The summed E-state index contributed by atoms with van der Waals surface area (Å²) >= 11 is 3.97. The highest BCUT2D eigenvalue weighted by Gasteiger charge is 2.07. The van der Waals surface area contributed by atoms with Crippen LogP contribution in [0.15, 0.2) is 18.3 Å². The van der Waals surface area contributed by atoms with Crippen molar-refractivity contribution >= 4 is 30.2 Å². The molecule has 0 saturated carbocycles. The van der Waals surface area contributed by atoms with Crippen LogP contribution < -0.4 is 5.73 Å². The number of aromatic nitrogens is 1. The highest BCUT2D eigenvalue weighted by Crippen LogP contribution is 2.17. The second kappa shape index (κ2) is 4.61. The van der Waals surface area contributed by atoms with Gasteiger partial charge < -0.3 is 5.73 Å². The number of pyridine rings is 1. The van der Waals surface area contributed by atoms with Gasteiger partial charge in [0.1, 0.15) is 12.0 Å². The van der Waals surface area contributed by atoms with Crippen molar-refractivity contribution < 1.29 is 4.92 Å². The smallest absolute Gasteiger partial charge is 0.288 e. The van der Waals surface area contributed by atoms with Gasteiger partial charge in [-0.25, -0.2) is 4.98 Å². The van der Waals surface area contributed by atoms with Crippen molar-refractivity contribution in [3.63, 3.8) is 0 Å². The highest BCUT2D eigenvalue weighted by molar-refractivity contribution is 7.80. The van der Waals surface area contributed by atoms with E-state index in [-0.39, 0.29) is 11.5 Å². The monoisotopic (exact) mass is 211 g/mol. The molecule has 74 valence electrons. The average molecular weight is 211 g/mol. The first kappa shape index (κ1) is 10.5. The molecular weight excluding hydrogens is 202 g/mol. The van der Waals surface area contributed by atoms with Gasteiger partial charge >= 0.3 is 0 Å². The molecule has 0 bridgehead atoms. The van der Waals surface area contributed by atoms with Gasteiger partial charge in [-0.05, 0) is 0 Å².